The summed E-state index contributed by atoms with van der Waals surface area (Å²) in [5, 5.41) is 9.29. The maximum atomic E-state index is 13.8. The van der Waals surface area contributed by atoms with Gasteiger partial charge in [-0.25, -0.2) is 22.2 Å². The van der Waals surface area contributed by atoms with Gasteiger partial charge in [-0.2, -0.15) is 9.29 Å². The molecule has 0 saturated carbocycles. The zero-order chi connectivity index (χ0) is 31.0. The number of hydrogen-bond donors (Lipinski definition) is 3. The summed E-state index contributed by atoms with van der Waals surface area (Å²) in [6.07, 6.45) is 2.81. The van der Waals surface area contributed by atoms with Gasteiger partial charge >= 0.3 is 7.60 Å². The zero-order valence-corrected chi connectivity index (χ0v) is 26.0. The molecular weight excluding hydrogens is 601 g/mol. The van der Waals surface area contributed by atoms with Gasteiger partial charge in [0.1, 0.15) is 5.82 Å². The Morgan fingerprint density at radius 3 is 2.33 bits per heavy atom. The molecular formula is C28H37F2N6O5PS. The van der Waals surface area contributed by atoms with E-state index in [1.807, 2.05) is 6.92 Å². The summed E-state index contributed by atoms with van der Waals surface area (Å²) in [5.41, 5.74) is 0.179. The second-order valence-corrected chi connectivity index (χ2v) is 14.0. The number of anilines is 4. The van der Waals surface area contributed by atoms with E-state index < -0.39 is 34.9 Å². The van der Waals surface area contributed by atoms with E-state index >= 15 is 0 Å². The Kier molecular flexibility index (Phi) is 11.2. The van der Waals surface area contributed by atoms with Crippen LogP contribution in [-0.2, 0) is 23.6 Å². The van der Waals surface area contributed by atoms with E-state index in [1.165, 1.54) is 28.7 Å². The zero-order valence-electron chi connectivity index (χ0n) is 24.3. The molecule has 0 radical (unpaired) electrons. The number of benzene rings is 2. The van der Waals surface area contributed by atoms with Crippen LogP contribution in [0, 0.1) is 11.6 Å². The highest BCUT2D eigenvalue weighted by Gasteiger charge is 2.46. The molecule has 0 spiro atoms. The first-order valence-electron chi connectivity index (χ1n) is 14.1. The Balaban J connectivity index is 1.48. The molecule has 0 aliphatic carbocycles. The van der Waals surface area contributed by atoms with Crippen LogP contribution in [-0.4, -0.2) is 67.2 Å². The smallest absolute Gasteiger partial charge is 0.336 e. The molecule has 2 aromatic carbocycles. The Labute approximate surface area is 251 Å². The molecule has 2 unspecified atom stereocenters. The van der Waals surface area contributed by atoms with Crippen LogP contribution in [0.15, 0.2) is 59.6 Å². The van der Waals surface area contributed by atoms with Crippen molar-refractivity contribution in [2.45, 2.75) is 50.2 Å². The molecule has 1 aliphatic heterocycles. The summed E-state index contributed by atoms with van der Waals surface area (Å²) < 4.78 is 80.4. The number of aromatic nitrogens is 2. The van der Waals surface area contributed by atoms with Gasteiger partial charge in [0, 0.05) is 42.8 Å². The molecule has 15 heteroatoms. The van der Waals surface area contributed by atoms with E-state index in [4.69, 9.17) is 9.05 Å². The van der Waals surface area contributed by atoms with Gasteiger partial charge < -0.3 is 25.0 Å². The molecule has 2 atom stereocenters. The predicted octanol–water partition coefficient (Wildman–Crippen LogP) is 5.64. The van der Waals surface area contributed by atoms with Gasteiger partial charge in [0.2, 0.25) is 16.0 Å². The molecule has 3 aromatic rings. The first-order valence-corrected chi connectivity index (χ1v) is 17.2. The van der Waals surface area contributed by atoms with E-state index in [0.29, 0.717) is 30.2 Å². The number of rotatable bonds is 14. The van der Waals surface area contributed by atoms with Crippen molar-refractivity contribution in [2.75, 3.05) is 43.5 Å². The third kappa shape index (κ3) is 8.14. The lowest BCUT2D eigenvalue weighted by Crippen LogP contribution is -2.54. The maximum Gasteiger partial charge on any atom is 0.336 e. The van der Waals surface area contributed by atoms with Crippen LogP contribution < -0.4 is 16.0 Å². The van der Waals surface area contributed by atoms with Crippen molar-refractivity contribution in [3.8, 4) is 0 Å². The van der Waals surface area contributed by atoms with Crippen LogP contribution >= 0.6 is 7.60 Å². The van der Waals surface area contributed by atoms with E-state index in [0.717, 1.165) is 18.6 Å². The van der Waals surface area contributed by atoms with Crippen LogP contribution in [0.3, 0.4) is 0 Å². The molecule has 1 saturated heterocycles. The van der Waals surface area contributed by atoms with Crippen molar-refractivity contribution in [3.05, 3.63) is 66.4 Å². The van der Waals surface area contributed by atoms with Crippen LogP contribution in [0.2, 0.25) is 0 Å². The van der Waals surface area contributed by atoms with Crippen LogP contribution in [0.5, 0.6) is 0 Å². The van der Waals surface area contributed by atoms with Gasteiger partial charge in [-0.3, -0.25) is 4.57 Å². The van der Waals surface area contributed by atoms with Crippen LogP contribution in [0.25, 0.3) is 0 Å². The minimum Gasteiger partial charge on any atom is -0.340 e. The Morgan fingerprint density at radius 2 is 1.67 bits per heavy atom. The highest BCUT2D eigenvalue weighted by atomic mass is 32.2. The third-order valence-electron chi connectivity index (χ3n) is 6.82. The van der Waals surface area contributed by atoms with Crippen molar-refractivity contribution in [2.24, 2.45) is 0 Å². The molecule has 43 heavy (non-hydrogen) atoms. The lowest BCUT2D eigenvalue weighted by atomic mass is 10.1. The summed E-state index contributed by atoms with van der Waals surface area (Å²) in [6, 6.07) is 10.9. The minimum absolute atomic E-state index is 0.00736. The van der Waals surface area contributed by atoms with Gasteiger partial charge in [0.15, 0.2) is 11.6 Å². The first-order chi connectivity index (χ1) is 20.6. The van der Waals surface area contributed by atoms with Gasteiger partial charge in [0.05, 0.1) is 23.8 Å². The maximum absolute atomic E-state index is 13.8. The second kappa shape index (κ2) is 14.7. The van der Waals surface area contributed by atoms with Crippen molar-refractivity contribution in [1.82, 2.24) is 19.6 Å². The number of hydrogen-bond acceptors (Lipinski definition) is 10. The first kappa shape index (κ1) is 32.9. The quantitative estimate of drug-likeness (QED) is 0.191. The number of piperidine rings is 1. The fraction of sp³-hybridized carbons (Fsp3) is 0.429. The summed E-state index contributed by atoms with van der Waals surface area (Å²) in [6.45, 7) is 6.81. The Bertz CT molecular complexity index is 1520. The van der Waals surface area contributed by atoms with Gasteiger partial charge in [0.25, 0.3) is 0 Å². The van der Waals surface area contributed by atoms with E-state index in [9.17, 15) is 21.8 Å². The molecule has 11 nitrogen and oxygen atoms in total. The van der Waals surface area contributed by atoms with Crippen LogP contribution in [0.1, 0.15) is 33.6 Å². The van der Waals surface area contributed by atoms with Crippen molar-refractivity contribution in [3.63, 3.8) is 0 Å². The monoisotopic (exact) mass is 638 g/mol. The second-order valence-electron chi connectivity index (χ2n) is 9.82. The SMILES string of the molecule is CCCNC1CCN(S(=O)(=O)c2ccc(Nc3nccc(Nc4ccc(F)c(F)c4)n3)cc2)CC1P(=O)(OCC)OCC. The van der Waals surface area contributed by atoms with E-state index in [-0.39, 0.29) is 43.2 Å². The van der Waals surface area contributed by atoms with Crippen molar-refractivity contribution >= 4 is 40.8 Å². The number of nitrogens with one attached hydrogen (secondary N) is 3. The normalized spacial score (nSPS) is 18.0. The molecule has 0 amide bonds. The highest BCUT2D eigenvalue weighted by Crippen LogP contribution is 2.55. The van der Waals surface area contributed by atoms with Crippen LogP contribution in [0.4, 0.5) is 31.9 Å². The number of halogens is 2. The van der Waals surface area contributed by atoms with Gasteiger partial charge in [-0.15, -0.1) is 0 Å². The largest absolute Gasteiger partial charge is 0.340 e. The fourth-order valence-electron chi connectivity index (χ4n) is 4.80. The topological polar surface area (TPSA) is 135 Å². The van der Waals surface area contributed by atoms with E-state index in [2.05, 4.69) is 25.9 Å². The minimum atomic E-state index is -3.92. The Hall–Kier alpha value is -3.00. The molecule has 234 valence electrons. The van der Waals surface area contributed by atoms with E-state index in [1.54, 1.807) is 32.0 Å². The standard InChI is InChI=1S/C28H37F2N6O5PS/c1-4-15-31-25-14-17-36(19-26(25)42(37,40-5-2)41-6-3)43(38,39)22-10-7-20(8-11-22)34-28-32-16-13-27(35-28)33-21-9-12-23(29)24(30)18-21/h7-13,16,18,25-26,31H,4-6,14-15,17,19H2,1-3H3,(H2,32,33,34,35). The number of nitrogens with zero attached hydrogens (tertiary/aromatic N) is 3. The van der Waals surface area contributed by atoms with Crippen molar-refractivity contribution < 1.29 is 30.8 Å². The molecule has 2 heterocycles. The molecule has 3 N–H and O–H groups in total. The molecule has 1 fully saturated rings. The lowest BCUT2D eigenvalue weighted by molar-refractivity contribution is 0.187. The van der Waals surface area contributed by atoms with Gasteiger partial charge in [-0.05, 0) is 75.7 Å². The summed E-state index contributed by atoms with van der Waals surface area (Å²) in [4.78, 5) is 8.56. The Morgan fingerprint density at radius 1 is 0.977 bits per heavy atom. The predicted molar refractivity (Wildman–Crippen MR) is 162 cm³/mol. The average molecular weight is 639 g/mol. The molecule has 1 aromatic heterocycles. The fourth-order valence-corrected chi connectivity index (χ4v) is 8.66. The average Bonchev–Trinajstić information content (AvgIpc) is 2.98. The summed E-state index contributed by atoms with van der Waals surface area (Å²) in [7, 11) is -7.52. The molecule has 4 rings (SSSR count). The van der Waals surface area contributed by atoms with Crippen molar-refractivity contribution in [1.29, 1.82) is 0 Å². The molecule has 1 aliphatic rings. The van der Waals surface area contributed by atoms with Gasteiger partial charge in [-0.1, -0.05) is 6.92 Å². The number of sulfonamides is 1. The summed E-state index contributed by atoms with van der Waals surface area (Å²) in [5.74, 6) is -1.40. The third-order valence-corrected chi connectivity index (χ3v) is 11.3. The molecule has 0 bridgehead atoms. The highest BCUT2D eigenvalue weighted by molar-refractivity contribution is 7.89. The lowest BCUT2D eigenvalue weighted by Gasteiger charge is -2.40. The summed E-state index contributed by atoms with van der Waals surface area (Å²) >= 11 is 0.